The summed E-state index contributed by atoms with van der Waals surface area (Å²) in [4.78, 5) is 10.2. The van der Waals surface area contributed by atoms with E-state index in [1.807, 2.05) is 17.5 Å². The van der Waals surface area contributed by atoms with Crippen LogP contribution < -0.4 is 5.32 Å². The highest BCUT2D eigenvalue weighted by Gasteiger charge is 2.14. The zero-order chi connectivity index (χ0) is 12.9. The molecular weight excluding hydrogens is 274 g/mol. The van der Waals surface area contributed by atoms with Gasteiger partial charge in [-0.15, -0.1) is 22.7 Å². The van der Waals surface area contributed by atoms with E-state index in [9.17, 15) is 0 Å². The maximum Gasteiger partial charge on any atom is 0.120 e. The summed E-state index contributed by atoms with van der Waals surface area (Å²) < 4.78 is 0. The largest absolute Gasteiger partial charge is 0.348 e. The number of nitrogens with zero attached hydrogens (tertiary/aromatic N) is 1. The second-order valence-electron chi connectivity index (χ2n) is 4.27. The number of aromatic nitrogens is 2. The molecule has 1 atom stereocenters. The molecule has 3 rings (SSSR count). The van der Waals surface area contributed by atoms with Crippen molar-refractivity contribution < 1.29 is 0 Å². The predicted octanol–water partition coefficient (Wildman–Crippen LogP) is 3.61. The van der Waals surface area contributed by atoms with Crippen molar-refractivity contribution in [3.05, 3.63) is 63.0 Å². The highest BCUT2D eigenvalue weighted by molar-refractivity contribution is 7.10. The number of hydrogen-bond donors (Lipinski definition) is 2. The van der Waals surface area contributed by atoms with Crippen LogP contribution in [0.25, 0.3) is 0 Å². The quantitative estimate of drug-likeness (QED) is 0.728. The number of thiophene rings is 2. The predicted molar refractivity (Wildman–Crippen MR) is 80.5 cm³/mol. The Balaban J connectivity index is 1.69. The molecule has 3 nitrogen and oxygen atoms in total. The van der Waals surface area contributed by atoms with Crippen LogP contribution in [0, 0.1) is 0 Å². The van der Waals surface area contributed by atoms with Crippen molar-refractivity contribution >= 4 is 22.7 Å². The lowest BCUT2D eigenvalue weighted by molar-refractivity contribution is 0.531. The molecule has 98 valence electrons. The van der Waals surface area contributed by atoms with Crippen LogP contribution in [0.4, 0.5) is 0 Å². The molecule has 0 bridgehead atoms. The summed E-state index contributed by atoms with van der Waals surface area (Å²) in [6.07, 6.45) is 4.67. The van der Waals surface area contributed by atoms with Crippen LogP contribution in [-0.4, -0.2) is 9.97 Å². The monoisotopic (exact) mass is 289 g/mol. The number of hydrogen-bond acceptors (Lipinski definition) is 4. The van der Waals surface area contributed by atoms with Crippen LogP contribution in [-0.2, 0) is 13.0 Å². The van der Waals surface area contributed by atoms with E-state index in [0.29, 0.717) is 6.04 Å². The molecule has 3 aromatic rings. The maximum atomic E-state index is 4.25. The lowest BCUT2D eigenvalue weighted by Crippen LogP contribution is -2.22. The second-order valence-corrected chi connectivity index (χ2v) is 6.28. The van der Waals surface area contributed by atoms with Crippen molar-refractivity contribution in [1.82, 2.24) is 15.3 Å². The Morgan fingerprint density at radius 2 is 2.11 bits per heavy atom. The fourth-order valence-corrected chi connectivity index (χ4v) is 3.56. The summed E-state index contributed by atoms with van der Waals surface area (Å²) in [5.74, 6) is 0.979. The minimum Gasteiger partial charge on any atom is -0.348 e. The summed E-state index contributed by atoms with van der Waals surface area (Å²) in [5, 5.41) is 7.85. The SMILES string of the molecule is c1csc(CC(NCc2ncc[nH]2)c2cccs2)c1. The van der Waals surface area contributed by atoms with Gasteiger partial charge in [-0.25, -0.2) is 4.98 Å². The standard InChI is InChI=1S/C14H15N3S2/c1-3-11(18-7-1)9-12(13-4-2-8-19-13)17-10-14-15-5-6-16-14/h1-8,12,17H,9-10H2,(H,15,16). The number of imidazole rings is 1. The highest BCUT2D eigenvalue weighted by atomic mass is 32.1. The van der Waals surface area contributed by atoms with Crippen molar-refractivity contribution in [1.29, 1.82) is 0 Å². The molecule has 0 aromatic carbocycles. The van der Waals surface area contributed by atoms with Crippen LogP contribution in [0.5, 0.6) is 0 Å². The zero-order valence-corrected chi connectivity index (χ0v) is 12.0. The Hall–Kier alpha value is -1.43. The van der Waals surface area contributed by atoms with E-state index in [-0.39, 0.29) is 0 Å². The van der Waals surface area contributed by atoms with Crippen LogP contribution in [0.15, 0.2) is 47.4 Å². The highest BCUT2D eigenvalue weighted by Crippen LogP contribution is 2.25. The number of nitrogens with one attached hydrogen (secondary N) is 2. The smallest absolute Gasteiger partial charge is 0.120 e. The molecule has 1 unspecified atom stereocenters. The Morgan fingerprint density at radius 3 is 2.79 bits per heavy atom. The lowest BCUT2D eigenvalue weighted by Gasteiger charge is -2.16. The topological polar surface area (TPSA) is 40.7 Å². The molecular formula is C14H15N3S2. The first-order chi connectivity index (χ1) is 9.42. The van der Waals surface area contributed by atoms with E-state index in [0.717, 1.165) is 18.8 Å². The third kappa shape index (κ3) is 3.32. The molecule has 2 N–H and O–H groups in total. The van der Waals surface area contributed by atoms with Gasteiger partial charge in [0.05, 0.1) is 6.54 Å². The maximum absolute atomic E-state index is 4.25. The molecule has 0 aliphatic heterocycles. The van der Waals surface area contributed by atoms with Gasteiger partial charge in [-0.05, 0) is 22.9 Å². The van der Waals surface area contributed by atoms with Gasteiger partial charge in [0, 0.05) is 34.6 Å². The average molecular weight is 289 g/mol. The molecule has 0 radical (unpaired) electrons. The number of rotatable bonds is 6. The van der Waals surface area contributed by atoms with Gasteiger partial charge in [-0.1, -0.05) is 12.1 Å². The van der Waals surface area contributed by atoms with Crippen molar-refractivity contribution in [3.8, 4) is 0 Å². The van der Waals surface area contributed by atoms with E-state index in [1.165, 1.54) is 9.75 Å². The molecule has 0 saturated carbocycles. The van der Waals surface area contributed by atoms with Gasteiger partial charge in [0.1, 0.15) is 5.82 Å². The van der Waals surface area contributed by atoms with Gasteiger partial charge in [0.15, 0.2) is 0 Å². The molecule has 0 spiro atoms. The van der Waals surface area contributed by atoms with Crippen LogP contribution >= 0.6 is 22.7 Å². The number of aromatic amines is 1. The molecule has 0 saturated heterocycles. The summed E-state index contributed by atoms with van der Waals surface area (Å²) >= 11 is 3.61. The third-order valence-corrected chi connectivity index (χ3v) is 4.83. The average Bonchev–Trinajstić information content (AvgIpc) is 3.15. The van der Waals surface area contributed by atoms with E-state index in [1.54, 1.807) is 17.5 Å². The van der Waals surface area contributed by atoms with Crippen molar-refractivity contribution in [3.63, 3.8) is 0 Å². The van der Waals surface area contributed by atoms with Crippen LogP contribution in [0.1, 0.15) is 21.6 Å². The third-order valence-electron chi connectivity index (χ3n) is 2.94. The minimum absolute atomic E-state index is 0.351. The molecule has 3 heterocycles. The van der Waals surface area contributed by atoms with Gasteiger partial charge in [0.25, 0.3) is 0 Å². The molecule has 0 aliphatic rings. The van der Waals surface area contributed by atoms with Crippen LogP contribution in [0.3, 0.4) is 0 Å². The molecule has 19 heavy (non-hydrogen) atoms. The minimum atomic E-state index is 0.351. The fraction of sp³-hybridized carbons (Fsp3) is 0.214. The Labute approximate surface area is 120 Å². The van der Waals surface area contributed by atoms with Crippen molar-refractivity contribution in [2.75, 3.05) is 0 Å². The summed E-state index contributed by atoms with van der Waals surface area (Å²) in [6, 6.07) is 8.95. The van der Waals surface area contributed by atoms with Gasteiger partial charge < -0.3 is 10.3 Å². The van der Waals surface area contributed by atoms with Crippen molar-refractivity contribution in [2.24, 2.45) is 0 Å². The first-order valence-electron chi connectivity index (χ1n) is 6.19. The molecule has 5 heteroatoms. The second kappa shape index (κ2) is 6.14. The summed E-state index contributed by atoms with van der Waals surface area (Å²) in [6.45, 7) is 0.765. The van der Waals surface area contributed by atoms with E-state index in [4.69, 9.17) is 0 Å². The number of H-pyrrole nitrogens is 1. The lowest BCUT2D eigenvalue weighted by atomic mass is 10.1. The fourth-order valence-electron chi connectivity index (χ4n) is 2.01. The van der Waals surface area contributed by atoms with E-state index < -0.39 is 0 Å². The summed E-state index contributed by atoms with van der Waals surface area (Å²) in [7, 11) is 0. The molecule has 0 aliphatic carbocycles. The Morgan fingerprint density at radius 1 is 1.21 bits per heavy atom. The van der Waals surface area contributed by atoms with Gasteiger partial charge >= 0.3 is 0 Å². The van der Waals surface area contributed by atoms with E-state index >= 15 is 0 Å². The Kier molecular flexibility index (Phi) is 4.07. The Bertz CT molecular complexity index is 570. The van der Waals surface area contributed by atoms with Gasteiger partial charge in [-0.3, -0.25) is 0 Å². The van der Waals surface area contributed by atoms with Crippen molar-refractivity contribution in [2.45, 2.75) is 19.0 Å². The normalized spacial score (nSPS) is 12.6. The van der Waals surface area contributed by atoms with E-state index in [2.05, 4.69) is 50.3 Å². The molecule has 3 aromatic heterocycles. The molecule has 0 fully saturated rings. The zero-order valence-electron chi connectivity index (χ0n) is 10.4. The molecule has 0 amide bonds. The van der Waals surface area contributed by atoms with Gasteiger partial charge in [0.2, 0.25) is 0 Å². The summed E-state index contributed by atoms with van der Waals surface area (Å²) in [5.41, 5.74) is 0. The first kappa shape index (κ1) is 12.6. The van der Waals surface area contributed by atoms with Gasteiger partial charge in [-0.2, -0.15) is 0 Å². The van der Waals surface area contributed by atoms with Crippen LogP contribution in [0.2, 0.25) is 0 Å². The first-order valence-corrected chi connectivity index (χ1v) is 7.95.